The number of carbonyl (C=O) groups excluding carboxylic acids is 1. The smallest absolute Gasteiger partial charge is 0.291 e. The molecular formula is C15H13N5O3S2. The number of pyridine rings is 1. The average Bonchev–Trinajstić information content (AvgIpc) is 3.05. The van der Waals surface area contributed by atoms with E-state index in [9.17, 15) is 13.2 Å². The van der Waals surface area contributed by atoms with Crippen LogP contribution in [-0.4, -0.2) is 29.5 Å². The Hall–Kier alpha value is -2.85. The van der Waals surface area contributed by atoms with Crippen molar-refractivity contribution in [1.29, 1.82) is 0 Å². The zero-order valence-corrected chi connectivity index (χ0v) is 14.6. The van der Waals surface area contributed by atoms with Gasteiger partial charge in [-0.2, -0.15) is 8.42 Å². The number of rotatable bonds is 5. The van der Waals surface area contributed by atoms with Gasteiger partial charge in [-0.25, -0.2) is 0 Å². The molecule has 3 rings (SSSR count). The third-order valence-electron chi connectivity index (χ3n) is 3.08. The van der Waals surface area contributed by atoms with E-state index < -0.39 is 10.0 Å². The van der Waals surface area contributed by atoms with Gasteiger partial charge in [-0.05, 0) is 31.2 Å². The zero-order chi connectivity index (χ0) is 17.9. The molecule has 0 fully saturated rings. The van der Waals surface area contributed by atoms with Gasteiger partial charge in [-0.15, -0.1) is 10.2 Å². The Bertz CT molecular complexity index is 986. The fourth-order valence-corrected chi connectivity index (χ4v) is 3.80. The van der Waals surface area contributed by atoms with Crippen LogP contribution in [0.15, 0.2) is 53.1 Å². The molecule has 0 bridgehead atoms. The van der Waals surface area contributed by atoms with Crippen molar-refractivity contribution in [2.45, 2.75) is 11.3 Å². The summed E-state index contributed by atoms with van der Waals surface area (Å²) in [5, 5.41) is 9.97. The first-order valence-electron chi connectivity index (χ1n) is 7.08. The van der Waals surface area contributed by atoms with Crippen LogP contribution in [0.2, 0.25) is 0 Å². The molecule has 0 unspecified atom stereocenters. The normalized spacial score (nSPS) is 11.1. The van der Waals surface area contributed by atoms with Crippen LogP contribution in [0.3, 0.4) is 0 Å². The predicted molar refractivity (Wildman–Crippen MR) is 94.1 cm³/mol. The molecule has 0 saturated heterocycles. The highest BCUT2D eigenvalue weighted by Crippen LogP contribution is 2.22. The lowest BCUT2D eigenvalue weighted by atomic mass is 10.1. The molecule has 25 heavy (non-hydrogen) atoms. The van der Waals surface area contributed by atoms with Gasteiger partial charge in [0.25, 0.3) is 20.3 Å². The lowest BCUT2D eigenvalue weighted by molar-refractivity contribution is 0.102. The summed E-state index contributed by atoms with van der Waals surface area (Å²) in [5.74, 6) is -0.389. The lowest BCUT2D eigenvalue weighted by Crippen LogP contribution is -2.12. The SMILES string of the molecule is Cc1ccc(C(=O)Nc2nnc(S(=O)(=O)Nc3cccnc3)s2)cc1. The zero-order valence-electron chi connectivity index (χ0n) is 13.0. The van der Waals surface area contributed by atoms with Gasteiger partial charge in [0.15, 0.2) is 0 Å². The highest BCUT2D eigenvalue weighted by Gasteiger charge is 2.21. The van der Waals surface area contributed by atoms with Gasteiger partial charge in [0.05, 0.1) is 11.9 Å². The van der Waals surface area contributed by atoms with Gasteiger partial charge in [0.2, 0.25) is 5.13 Å². The highest BCUT2D eigenvalue weighted by molar-refractivity contribution is 7.94. The standard InChI is InChI=1S/C15H13N5O3S2/c1-10-4-6-11(7-5-10)13(21)17-14-18-19-15(24-14)25(22,23)20-12-3-2-8-16-9-12/h2-9,20H,1H3,(H,17,18,21). The fourth-order valence-electron chi connectivity index (χ4n) is 1.87. The van der Waals surface area contributed by atoms with Gasteiger partial charge in [0.1, 0.15) is 0 Å². The van der Waals surface area contributed by atoms with Crippen molar-refractivity contribution >= 4 is 38.1 Å². The number of benzene rings is 1. The molecule has 3 aromatic rings. The maximum Gasteiger partial charge on any atom is 0.291 e. The molecule has 0 aliphatic rings. The third kappa shape index (κ3) is 4.17. The summed E-state index contributed by atoms with van der Waals surface area (Å²) in [6.45, 7) is 1.92. The second-order valence-corrected chi connectivity index (χ2v) is 7.87. The number of hydrogen-bond donors (Lipinski definition) is 2. The molecule has 1 aromatic carbocycles. The number of hydrogen-bond acceptors (Lipinski definition) is 7. The molecule has 2 aromatic heterocycles. The number of anilines is 2. The Morgan fingerprint density at radius 1 is 1.12 bits per heavy atom. The van der Waals surface area contributed by atoms with Crippen molar-refractivity contribution in [1.82, 2.24) is 15.2 Å². The summed E-state index contributed by atoms with van der Waals surface area (Å²) in [7, 11) is -3.89. The quantitative estimate of drug-likeness (QED) is 0.662. The van der Waals surface area contributed by atoms with Crippen LogP contribution in [0.4, 0.5) is 10.8 Å². The third-order valence-corrected chi connectivity index (χ3v) is 5.67. The van der Waals surface area contributed by atoms with E-state index in [2.05, 4.69) is 25.2 Å². The van der Waals surface area contributed by atoms with Crippen molar-refractivity contribution in [2.75, 3.05) is 10.0 Å². The van der Waals surface area contributed by atoms with E-state index in [1.54, 1.807) is 24.3 Å². The van der Waals surface area contributed by atoms with Crippen molar-refractivity contribution in [3.05, 3.63) is 59.9 Å². The number of amides is 1. The van der Waals surface area contributed by atoms with Gasteiger partial charge >= 0.3 is 0 Å². The van der Waals surface area contributed by atoms with Crippen molar-refractivity contribution in [3.8, 4) is 0 Å². The monoisotopic (exact) mass is 375 g/mol. The average molecular weight is 375 g/mol. The minimum absolute atomic E-state index is 0.0946. The van der Waals surface area contributed by atoms with E-state index in [-0.39, 0.29) is 15.4 Å². The van der Waals surface area contributed by atoms with Crippen LogP contribution >= 0.6 is 11.3 Å². The first-order valence-corrected chi connectivity index (χ1v) is 9.38. The highest BCUT2D eigenvalue weighted by atomic mass is 32.2. The van der Waals surface area contributed by atoms with Gasteiger partial charge in [-0.3, -0.25) is 19.8 Å². The van der Waals surface area contributed by atoms with Crippen LogP contribution in [0, 0.1) is 6.92 Å². The van der Waals surface area contributed by atoms with Crippen LogP contribution in [-0.2, 0) is 10.0 Å². The number of nitrogens with zero attached hydrogens (tertiary/aromatic N) is 3. The Balaban J connectivity index is 1.73. The van der Waals surface area contributed by atoms with E-state index in [1.165, 1.54) is 12.4 Å². The summed E-state index contributed by atoms with van der Waals surface area (Å²) in [6.07, 6.45) is 2.90. The van der Waals surface area contributed by atoms with Crippen molar-refractivity contribution in [3.63, 3.8) is 0 Å². The molecule has 1 amide bonds. The van der Waals surface area contributed by atoms with Crippen LogP contribution < -0.4 is 10.0 Å². The first-order chi connectivity index (χ1) is 11.9. The molecule has 2 heterocycles. The summed E-state index contributed by atoms with van der Waals surface area (Å²) in [4.78, 5) is 16.0. The number of nitrogens with one attached hydrogen (secondary N) is 2. The molecule has 0 atom stereocenters. The summed E-state index contributed by atoms with van der Waals surface area (Å²) < 4.78 is 26.6. The number of carbonyl (C=O) groups is 1. The fraction of sp³-hybridized carbons (Fsp3) is 0.0667. The van der Waals surface area contributed by atoms with Gasteiger partial charge in [0, 0.05) is 11.8 Å². The Kier molecular flexibility index (Phi) is 4.72. The number of aromatic nitrogens is 3. The molecule has 0 aliphatic heterocycles. The molecule has 128 valence electrons. The second-order valence-electron chi connectivity index (χ2n) is 5.04. The van der Waals surface area contributed by atoms with E-state index in [4.69, 9.17) is 0 Å². The van der Waals surface area contributed by atoms with E-state index >= 15 is 0 Å². The predicted octanol–water partition coefficient (Wildman–Crippen LogP) is 2.29. The maximum atomic E-state index is 12.3. The van der Waals surface area contributed by atoms with Gasteiger partial charge in [-0.1, -0.05) is 29.0 Å². The topological polar surface area (TPSA) is 114 Å². The van der Waals surface area contributed by atoms with Crippen molar-refractivity contribution < 1.29 is 13.2 Å². The number of aryl methyl sites for hydroxylation is 1. The minimum Gasteiger partial charge on any atom is -0.296 e. The number of sulfonamides is 1. The van der Waals surface area contributed by atoms with Crippen molar-refractivity contribution in [2.24, 2.45) is 0 Å². The molecule has 8 nitrogen and oxygen atoms in total. The second kappa shape index (κ2) is 6.95. The molecular weight excluding hydrogens is 362 g/mol. The first kappa shape index (κ1) is 17.0. The van der Waals surface area contributed by atoms with Gasteiger partial charge < -0.3 is 0 Å². The largest absolute Gasteiger partial charge is 0.296 e. The molecule has 10 heteroatoms. The Morgan fingerprint density at radius 3 is 2.56 bits per heavy atom. The van der Waals surface area contributed by atoms with E-state index in [1.807, 2.05) is 19.1 Å². The van der Waals surface area contributed by atoms with E-state index in [0.29, 0.717) is 11.3 Å². The maximum absolute atomic E-state index is 12.3. The summed E-state index contributed by atoms with van der Waals surface area (Å²) in [6, 6.07) is 10.1. The van der Waals surface area contributed by atoms with E-state index in [0.717, 1.165) is 16.9 Å². The molecule has 0 spiro atoms. The lowest BCUT2D eigenvalue weighted by Gasteiger charge is -2.03. The Labute approximate surface area is 148 Å². The van der Waals surface area contributed by atoms with Crippen LogP contribution in [0.5, 0.6) is 0 Å². The molecule has 0 radical (unpaired) electrons. The molecule has 0 aliphatic carbocycles. The molecule has 2 N–H and O–H groups in total. The Morgan fingerprint density at radius 2 is 1.88 bits per heavy atom. The summed E-state index contributed by atoms with van der Waals surface area (Å²) in [5.41, 5.74) is 1.78. The molecule has 0 saturated carbocycles. The van der Waals surface area contributed by atoms with Crippen LogP contribution in [0.25, 0.3) is 0 Å². The minimum atomic E-state index is -3.89. The summed E-state index contributed by atoms with van der Waals surface area (Å²) >= 11 is 0.760. The van der Waals surface area contributed by atoms with Crippen LogP contribution in [0.1, 0.15) is 15.9 Å².